The number of carbonyl (C=O) groups excluding carboxylic acids is 3. The third-order valence-corrected chi connectivity index (χ3v) is 6.27. The van der Waals surface area contributed by atoms with Gasteiger partial charge in [0, 0.05) is 5.56 Å². The molecule has 1 aliphatic heterocycles. The maximum absolute atomic E-state index is 12.4. The molecule has 2 aromatic rings. The van der Waals surface area contributed by atoms with Crippen LogP contribution < -0.4 is 5.32 Å². The van der Waals surface area contributed by atoms with Crippen molar-refractivity contribution in [3.05, 3.63) is 65.2 Å². The predicted molar refractivity (Wildman–Crippen MR) is 104 cm³/mol. The number of rotatable bonds is 6. The smallest absolute Gasteiger partial charge is 0.328 e. The van der Waals surface area contributed by atoms with E-state index in [0.717, 1.165) is 5.56 Å². The van der Waals surface area contributed by atoms with Gasteiger partial charge in [0.1, 0.15) is 17.5 Å². The summed E-state index contributed by atoms with van der Waals surface area (Å²) in [6, 6.07) is 11.9. The summed E-state index contributed by atoms with van der Waals surface area (Å²) < 4.78 is 30.6. The Morgan fingerprint density at radius 2 is 1.86 bits per heavy atom. The summed E-state index contributed by atoms with van der Waals surface area (Å²) in [4.78, 5) is 36.6. The maximum Gasteiger partial charge on any atom is 0.328 e. The van der Waals surface area contributed by atoms with Crippen LogP contribution >= 0.6 is 0 Å². The molecule has 1 aliphatic rings. The normalized spacial score (nSPS) is 15.5. The molecule has 152 valence electrons. The molecule has 1 N–H and O–H groups in total. The maximum atomic E-state index is 12.4. The van der Waals surface area contributed by atoms with E-state index in [1.807, 2.05) is 13.0 Å². The molecule has 1 atom stereocenters. The molecular formula is C20H20N2O6S. The number of esters is 1. The zero-order valence-electron chi connectivity index (χ0n) is 15.9. The molecule has 0 saturated carbocycles. The van der Waals surface area contributed by atoms with Gasteiger partial charge in [-0.3, -0.25) is 9.59 Å². The summed E-state index contributed by atoms with van der Waals surface area (Å²) in [5, 5.41) is 2.53. The minimum Gasteiger partial charge on any atom is -0.462 e. The fourth-order valence-corrected chi connectivity index (χ4v) is 4.48. The Balaban J connectivity index is 1.55. The van der Waals surface area contributed by atoms with E-state index in [1.54, 1.807) is 24.3 Å². The van der Waals surface area contributed by atoms with Crippen molar-refractivity contribution in [1.29, 1.82) is 0 Å². The van der Waals surface area contributed by atoms with E-state index in [1.165, 1.54) is 25.1 Å². The first-order valence-corrected chi connectivity index (χ1v) is 10.4. The third-order valence-electron chi connectivity index (χ3n) is 4.43. The van der Waals surface area contributed by atoms with Gasteiger partial charge < -0.3 is 10.1 Å². The Labute approximate surface area is 168 Å². The average Bonchev–Trinajstić information content (AvgIpc) is 2.88. The zero-order valence-corrected chi connectivity index (χ0v) is 16.7. The van der Waals surface area contributed by atoms with E-state index < -0.39 is 33.8 Å². The van der Waals surface area contributed by atoms with Gasteiger partial charge in [-0.05, 0) is 38.1 Å². The molecule has 0 bridgehead atoms. The molecule has 1 heterocycles. The van der Waals surface area contributed by atoms with Gasteiger partial charge >= 0.3 is 5.97 Å². The van der Waals surface area contributed by atoms with Gasteiger partial charge in [-0.1, -0.05) is 29.8 Å². The molecule has 8 nitrogen and oxygen atoms in total. The second-order valence-electron chi connectivity index (χ2n) is 6.61. The summed E-state index contributed by atoms with van der Waals surface area (Å²) >= 11 is 0. The summed E-state index contributed by atoms with van der Waals surface area (Å²) in [6.45, 7) is 2.69. The standard InChI is InChI=1S/C20H20N2O6S/c1-13-6-5-7-15(12-13)18(23)21-14(2)20(25)28-11-10-22-19(24)16-8-3-4-9-17(16)29(22,26)27/h3-9,12,14H,10-11H2,1-2H3,(H,21,23)/t14-/m0/s1. The van der Waals surface area contributed by atoms with Crippen LogP contribution in [-0.2, 0) is 19.6 Å². The SMILES string of the molecule is Cc1cccc(C(=O)N[C@@H](C)C(=O)OCCN2C(=O)c3ccccc3S2(=O)=O)c1. The van der Waals surface area contributed by atoms with Gasteiger partial charge in [-0.25, -0.2) is 17.5 Å². The molecular weight excluding hydrogens is 396 g/mol. The molecule has 0 spiro atoms. The van der Waals surface area contributed by atoms with Crippen LogP contribution in [0.5, 0.6) is 0 Å². The molecule has 0 aromatic heterocycles. The van der Waals surface area contributed by atoms with E-state index in [4.69, 9.17) is 4.74 Å². The highest BCUT2D eigenvalue weighted by Gasteiger charge is 2.40. The van der Waals surface area contributed by atoms with Crippen LogP contribution in [-0.4, -0.2) is 49.7 Å². The van der Waals surface area contributed by atoms with Gasteiger partial charge in [0.15, 0.2) is 0 Å². The number of aryl methyl sites for hydroxylation is 1. The average molecular weight is 416 g/mol. The molecule has 0 saturated heterocycles. The van der Waals surface area contributed by atoms with Crippen LogP contribution in [0.2, 0.25) is 0 Å². The predicted octanol–water partition coefficient (Wildman–Crippen LogP) is 1.50. The van der Waals surface area contributed by atoms with Gasteiger partial charge in [0.2, 0.25) is 0 Å². The second-order valence-corrected chi connectivity index (χ2v) is 8.44. The lowest BCUT2D eigenvalue weighted by molar-refractivity contribution is -0.145. The van der Waals surface area contributed by atoms with Crippen LogP contribution in [0.1, 0.15) is 33.2 Å². The van der Waals surface area contributed by atoms with Crippen LogP contribution in [0, 0.1) is 6.92 Å². The number of ether oxygens (including phenoxy) is 1. The summed E-state index contributed by atoms with van der Waals surface area (Å²) in [5.41, 5.74) is 1.42. The van der Waals surface area contributed by atoms with Crippen molar-refractivity contribution in [3.63, 3.8) is 0 Å². The Morgan fingerprint density at radius 3 is 2.55 bits per heavy atom. The quantitative estimate of drug-likeness (QED) is 0.715. The number of hydrogen-bond acceptors (Lipinski definition) is 6. The number of nitrogens with zero attached hydrogens (tertiary/aromatic N) is 1. The minimum absolute atomic E-state index is 0.0601. The topological polar surface area (TPSA) is 110 Å². The molecule has 0 aliphatic carbocycles. The third kappa shape index (κ3) is 4.14. The van der Waals surface area contributed by atoms with E-state index in [2.05, 4.69) is 5.32 Å². The van der Waals surface area contributed by atoms with Gasteiger partial charge in [-0.2, -0.15) is 0 Å². The lowest BCUT2D eigenvalue weighted by atomic mass is 10.1. The fraction of sp³-hybridized carbons (Fsp3) is 0.250. The number of hydrogen-bond donors (Lipinski definition) is 1. The zero-order chi connectivity index (χ0) is 21.2. The molecule has 0 fully saturated rings. The molecule has 0 radical (unpaired) electrons. The molecule has 3 rings (SSSR count). The first-order valence-electron chi connectivity index (χ1n) is 8.92. The van der Waals surface area contributed by atoms with Gasteiger partial charge in [0.05, 0.1) is 12.1 Å². The van der Waals surface area contributed by atoms with Crippen LogP contribution in [0.3, 0.4) is 0 Å². The van der Waals surface area contributed by atoms with Crippen LogP contribution in [0.25, 0.3) is 0 Å². The van der Waals surface area contributed by atoms with Crippen LogP contribution in [0.15, 0.2) is 53.4 Å². The Kier molecular flexibility index (Phi) is 5.69. The number of sulfonamides is 1. The van der Waals surface area contributed by atoms with Crippen molar-refractivity contribution in [1.82, 2.24) is 9.62 Å². The Hall–Kier alpha value is -3.20. The fourth-order valence-electron chi connectivity index (χ4n) is 2.93. The molecule has 0 unspecified atom stereocenters. The minimum atomic E-state index is -3.95. The molecule has 2 aromatic carbocycles. The first-order chi connectivity index (χ1) is 13.7. The number of benzene rings is 2. The lowest BCUT2D eigenvalue weighted by Gasteiger charge is -2.17. The molecule has 9 heteroatoms. The van der Waals surface area contributed by atoms with E-state index in [9.17, 15) is 22.8 Å². The van der Waals surface area contributed by atoms with Crippen molar-refractivity contribution >= 4 is 27.8 Å². The van der Waals surface area contributed by atoms with Gasteiger partial charge in [-0.15, -0.1) is 0 Å². The summed E-state index contributed by atoms with van der Waals surface area (Å²) in [7, 11) is -3.95. The Morgan fingerprint density at radius 1 is 1.14 bits per heavy atom. The largest absolute Gasteiger partial charge is 0.462 e. The lowest BCUT2D eigenvalue weighted by Crippen LogP contribution is -2.41. The Bertz CT molecular complexity index is 1080. The van der Waals surface area contributed by atoms with Crippen LogP contribution in [0.4, 0.5) is 0 Å². The van der Waals surface area contributed by atoms with E-state index >= 15 is 0 Å². The van der Waals surface area contributed by atoms with E-state index in [0.29, 0.717) is 9.87 Å². The number of carbonyl (C=O) groups is 3. The first kappa shape index (κ1) is 20.5. The summed E-state index contributed by atoms with van der Waals surface area (Å²) in [5.74, 6) is -1.81. The van der Waals surface area contributed by atoms with Crippen molar-refractivity contribution in [2.45, 2.75) is 24.8 Å². The van der Waals surface area contributed by atoms with Gasteiger partial charge in [0.25, 0.3) is 21.8 Å². The van der Waals surface area contributed by atoms with Crippen molar-refractivity contribution in [3.8, 4) is 0 Å². The second kappa shape index (κ2) is 8.04. The highest BCUT2D eigenvalue weighted by atomic mass is 32.2. The highest BCUT2D eigenvalue weighted by molar-refractivity contribution is 7.90. The summed E-state index contributed by atoms with van der Waals surface area (Å²) in [6.07, 6.45) is 0. The number of amides is 2. The highest BCUT2D eigenvalue weighted by Crippen LogP contribution is 2.29. The van der Waals surface area contributed by atoms with Crippen molar-refractivity contribution < 1.29 is 27.5 Å². The van der Waals surface area contributed by atoms with Crippen molar-refractivity contribution in [2.24, 2.45) is 0 Å². The monoisotopic (exact) mass is 416 g/mol. The number of nitrogens with one attached hydrogen (secondary N) is 1. The van der Waals surface area contributed by atoms with E-state index in [-0.39, 0.29) is 23.6 Å². The number of fused-ring (bicyclic) bond motifs is 1. The molecule has 2 amide bonds. The van der Waals surface area contributed by atoms with Crippen molar-refractivity contribution in [2.75, 3.05) is 13.2 Å². The molecule has 29 heavy (non-hydrogen) atoms.